The van der Waals surface area contributed by atoms with Gasteiger partial charge < -0.3 is 14.9 Å². The monoisotopic (exact) mass is 334 g/mol. The molecule has 126 valence electrons. The Kier molecular flexibility index (Phi) is 6.24. The van der Waals surface area contributed by atoms with Gasteiger partial charge in [-0.05, 0) is 30.2 Å². The summed E-state index contributed by atoms with van der Waals surface area (Å²) in [5.74, 6) is -0.661. The summed E-state index contributed by atoms with van der Waals surface area (Å²) in [6, 6.07) is 13.4. The molecule has 1 N–H and O–H groups in total. The lowest BCUT2D eigenvalue weighted by Crippen LogP contribution is -2.18. The maximum atomic E-state index is 12.3. The van der Waals surface area contributed by atoms with E-state index in [9.17, 15) is 13.6 Å². The maximum absolute atomic E-state index is 12.3. The smallest absolute Gasteiger partial charge is 0.387 e. The summed E-state index contributed by atoms with van der Waals surface area (Å²) in [6.07, 6.45) is 1.50. The molecule has 0 saturated heterocycles. The third kappa shape index (κ3) is 5.35. The van der Waals surface area contributed by atoms with E-state index in [0.717, 1.165) is 11.1 Å². The fraction of sp³-hybridized carbons (Fsp3) is 0.176. The number of rotatable bonds is 7. The van der Waals surface area contributed by atoms with Crippen LogP contribution in [0.25, 0.3) is 0 Å². The third-order valence-electron chi connectivity index (χ3n) is 3.03. The molecule has 0 radical (unpaired) electrons. The minimum absolute atomic E-state index is 0.121. The average molecular weight is 334 g/mol. The number of nitrogens with one attached hydrogen (secondary N) is 1. The highest BCUT2D eigenvalue weighted by Crippen LogP contribution is 2.25. The number of benzene rings is 2. The minimum Gasteiger partial charge on any atom is -0.433 e. The number of nitrogens with zero attached hydrogens (tertiary/aromatic N) is 1. The topological polar surface area (TPSA) is 59.9 Å². The van der Waals surface area contributed by atoms with E-state index in [-0.39, 0.29) is 18.0 Å². The van der Waals surface area contributed by atoms with E-state index >= 15 is 0 Å². The normalized spacial score (nSPS) is 10.8. The number of oxime groups is 1. The van der Waals surface area contributed by atoms with Crippen molar-refractivity contribution >= 4 is 17.8 Å². The lowest BCUT2D eigenvalue weighted by Gasteiger charge is -2.11. The molecule has 0 saturated carbocycles. The van der Waals surface area contributed by atoms with E-state index in [1.54, 1.807) is 6.07 Å². The van der Waals surface area contributed by atoms with Gasteiger partial charge in [0, 0.05) is 0 Å². The molecular formula is C17H16F2N2O3. The summed E-state index contributed by atoms with van der Waals surface area (Å²) in [5, 5.41) is 6.15. The van der Waals surface area contributed by atoms with Crippen LogP contribution in [0, 0.1) is 6.92 Å². The molecule has 0 fully saturated rings. The molecule has 0 atom stereocenters. The molecule has 1 amide bonds. The van der Waals surface area contributed by atoms with E-state index in [4.69, 9.17) is 4.84 Å². The van der Waals surface area contributed by atoms with Crippen LogP contribution >= 0.6 is 0 Å². The highest BCUT2D eigenvalue weighted by molar-refractivity contribution is 5.93. The van der Waals surface area contributed by atoms with Gasteiger partial charge in [0.25, 0.3) is 5.91 Å². The predicted molar refractivity (Wildman–Crippen MR) is 86.4 cm³/mol. The zero-order valence-corrected chi connectivity index (χ0v) is 12.9. The number of aryl methyl sites for hydroxylation is 1. The van der Waals surface area contributed by atoms with Crippen molar-refractivity contribution in [3.8, 4) is 5.75 Å². The standard InChI is InChI=1S/C17H16F2N2O3/c1-12-6-2-3-7-13(12)10-20-23-11-16(22)21-14-8-4-5-9-15(14)24-17(18)19/h2-10,17H,11H2,1H3,(H,21,22)/b20-10-. The minimum atomic E-state index is -2.97. The first-order valence-electron chi connectivity index (χ1n) is 7.11. The van der Waals surface area contributed by atoms with Crippen LogP contribution in [0.3, 0.4) is 0 Å². The van der Waals surface area contributed by atoms with Crippen LogP contribution in [0.1, 0.15) is 11.1 Å². The number of alkyl halides is 2. The number of carbonyl (C=O) groups excluding carboxylic acids is 1. The number of anilines is 1. The molecule has 5 nitrogen and oxygen atoms in total. The zero-order valence-electron chi connectivity index (χ0n) is 12.9. The van der Waals surface area contributed by atoms with Gasteiger partial charge in [-0.3, -0.25) is 4.79 Å². The van der Waals surface area contributed by atoms with Crippen molar-refractivity contribution in [2.75, 3.05) is 11.9 Å². The molecular weight excluding hydrogens is 318 g/mol. The van der Waals surface area contributed by atoms with Crippen LogP contribution in [0.4, 0.5) is 14.5 Å². The molecule has 0 heterocycles. The molecule has 7 heteroatoms. The Bertz CT molecular complexity index is 720. The largest absolute Gasteiger partial charge is 0.433 e. The summed E-state index contributed by atoms with van der Waals surface area (Å²) >= 11 is 0. The average Bonchev–Trinajstić information content (AvgIpc) is 2.54. The molecule has 0 aromatic heterocycles. The number of amides is 1. The van der Waals surface area contributed by atoms with Crippen LogP contribution in [0.15, 0.2) is 53.7 Å². The van der Waals surface area contributed by atoms with Crippen molar-refractivity contribution in [1.82, 2.24) is 0 Å². The van der Waals surface area contributed by atoms with Crippen molar-refractivity contribution in [1.29, 1.82) is 0 Å². The van der Waals surface area contributed by atoms with Crippen molar-refractivity contribution < 1.29 is 23.1 Å². The Morgan fingerprint density at radius 1 is 1.21 bits per heavy atom. The van der Waals surface area contributed by atoms with Gasteiger partial charge >= 0.3 is 6.61 Å². The first kappa shape index (κ1) is 17.4. The highest BCUT2D eigenvalue weighted by Gasteiger charge is 2.11. The second-order valence-electron chi connectivity index (χ2n) is 4.79. The Labute approximate surface area is 137 Å². The van der Waals surface area contributed by atoms with Crippen LogP contribution in [-0.2, 0) is 9.63 Å². The van der Waals surface area contributed by atoms with Gasteiger partial charge in [0.1, 0.15) is 5.75 Å². The van der Waals surface area contributed by atoms with Gasteiger partial charge in [0.2, 0.25) is 0 Å². The fourth-order valence-corrected chi connectivity index (χ4v) is 1.88. The first-order chi connectivity index (χ1) is 11.6. The molecule has 2 aromatic carbocycles. The Balaban J connectivity index is 1.87. The van der Waals surface area contributed by atoms with Crippen molar-refractivity contribution in [2.24, 2.45) is 5.16 Å². The summed E-state index contributed by atoms with van der Waals surface area (Å²) in [5.41, 5.74) is 2.02. The van der Waals surface area contributed by atoms with Gasteiger partial charge in [0.15, 0.2) is 6.61 Å². The van der Waals surface area contributed by atoms with Crippen molar-refractivity contribution in [3.63, 3.8) is 0 Å². The van der Waals surface area contributed by atoms with Crippen molar-refractivity contribution in [2.45, 2.75) is 13.5 Å². The van der Waals surface area contributed by atoms with Gasteiger partial charge in [-0.15, -0.1) is 0 Å². The number of carbonyl (C=O) groups is 1. The molecule has 0 spiro atoms. The van der Waals surface area contributed by atoms with Gasteiger partial charge in [-0.2, -0.15) is 8.78 Å². The summed E-state index contributed by atoms with van der Waals surface area (Å²) < 4.78 is 28.9. The molecule has 0 aliphatic rings. The van der Waals surface area contributed by atoms with Gasteiger partial charge in [-0.1, -0.05) is 41.6 Å². The summed E-state index contributed by atoms with van der Waals surface area (Å²) in [7, 11) is 0. The van der Waals surface area contributed by atoms with Crippen LogP contribution < -0.4 is 10.1 Å². The number of halogens is 2. The molecule has 2 rings (SSSR count). The fourth-order valence-electron chi connectivity index (χ4n) is 1.88. The molecule has 0 unspecified atom stereocenters. The predicted octanol–water partition coefficient (Wildman–Crippen LogP) is 3.59. The van der Waals surface area contributed by atoms with Crippen molar-refractivity contribution in [3.05, 3.63) is 59.7 Å². The Morgan fingerprint density at radius 2 is 1.92 bits per heavy atom. The number of hydrogen-bond acceptors (Lipinski definition) is 4. The van der Waals surface area contributed by atoms with Crippen LogP contribution in [0.5, 0.6) is 5.75 Å². The Hall–Kier alpha value is -2.96. The molecule has 24 heavy (non-hydrogen) atoms. The molecule has 2 aromatic rings. The quantitative estimate of drug-likeness (QED) is 0.622. The SMILES string of the molecule is Cc1ccccc1/C=N\OCC(=O)Nc1ccccc1OC(F)F. The van der Waals surface area contributed by atoms with E-state index < -0.39 is 12.5 Å². The number of hydrogen-bond donors (Lipinski definition) is 1. The number of para-hydroxylation sites is 2. The van der Waals surface area contributed by atoms with Gasteiger partial charge in [-0.25, -0.2) is 0 Å². The maximum Gasteiger partial charge on any atom is 0.387 e. The lowest BCUT2D eigenvalue weighted by molar-refractivity contribution is -0.120. The second-order valence-corrected chi connectivity index (χ2v) is 4.79. The summed E-state index contributed by atoms with van der Waals surface area (Å²) in [6.45, 7) is -1.41. The second kappa shape index (κ2) is 8.61. The van der Waals surface area contributed by atoms with Gasteiger partial charge in [0.05, 0.1) is 11.9 Å². The van der Waals surface area contributed by atoms with E-state index in [1.807, 2.05) is 31.2 Å². The lowest BCUT2D eigenvalue weighted by atomic mass is 10.1. The van der Waals surface area contributed by atoms with E-state index in [2.05, 4.69) is 15.2 Å². The van der Waals surface area contributed by atoms with E-state index in [0.29, 0.717) is 0 Å². The molecule has 0 bridgehead atoms. The first-order valence-corrected chi connectivity index (χ1v) is 7.11. The zero-order chi connectivity index (χ0) is 17.4. The third-order valence-corrected chi connectivity index (χ3v) is 3.03. The Morgan fingerprint density at radius 3 is 2.67 bits per heavy atom. The molecule has 0 aliphatic carbocycles. The highest BCUT2D eigenvalue weighted by atomic mass is 19.3. The molecule has 0 aliphatic heterocycles. The number of ether oxygens (including phenoxy) is 1. The van der Waals surface area contributed by atoms with Crippen LogP contribution in [-0.4, -0.2) is 25.3 Å². The van der Waals surface area contributed by atoms with Crippen LogP contribution in [0.2, 0.25) is 0 Å². The van der Waals surface area contributed by atoms with E-state index in [1.165, 1.54) is 24.4 Å². The summed E-state index contributed by atoms with van der Waals surface area (Å²) in [4.78, 5) is 16.7.